The van der Waals surface area contributed by atoms with Gasteiger partial charge in [0.1, 0.15) is 0 Å². The monoisotopic (exact) mass is 214 g/mol. The molecule has 0 atom stereocenters. The van der Waals surface area contributed by atoms with Crippen LogP contribution in [0.4, 0.5) is 10.7 Å². The number of ether oxygens (including phenoxy) is 2. The van der Waals surface area contributed by atoms with Crippen LogP contribution in [0.15, 0.2) is 0 Å². The van der Waals surface area contributed by atoms with Gasteiger partial charge in [-0.2, -0.15) is 4.98 Å². The van der Waals surface area contributed by atoms with Crippen molar-refractivity contribution in [2.75, 3.05) is 11.9 Å². The van der Waals surface area contributed by atoms with E-state index in [2.05, 4.69) is 20.5 Å². The van der Waals surface area contributed by atoms with Gasteiger partial charge in [0.2, 0.25) is 5.95 Å². The third-order valence-corrected chi connectivity index (χ3v) is 1.30. The molecule has 0 saturated heterocycles. The third-order valence-electron chi connectivity index (χ3n) is 1.30. The summed E-state index contributed by atoms with van der Waals surface area (Å²) >= 11 is 0. The summed E-state index contributed by atoms with van der Waals surface area (Å²) in [5.74, 6) is 0.198. The van der Waals surface area contributed by atoms with Crippen LogP contribution in [0.5, 0.6) is 6.01 Å². The lowest BCUT2D eigenvalue weighted by atomic mass is 10.5. The van der Waals surface area contributed by atoms with Crippen LogP contribution in [0, 0.1) is 0 Å². The zero-order chi connectivity index (χ0) is 11.3. The Kier molecular flexibility index (Phi) is 3.90. The topological polar surface area (TPSA) is 89.1 Å². The van der Waals surface area contributed by atoms with Gasteiger partial charge in [0.15, 0.2) is 0 Å². The standard InChI is InChI=1S/C8H14N4O3/c1-4-14-7-9-6(11-12-7)10-8(13)15-5(2)3/h5H,4H2,1-3H3,(H2,9,10,11,12,13). The lowest BCUT2D eigenvalue weighted by molar-refractivity contribution is 0.129. The molecule has 1 aromatic heterocycles. The van der Waals surface area contributed by atoms with Crippen molar-refractivity contribution in [2.24, 2.45) is 0 Å². The molecule has 0 aliphatic heterocycles. The van der Waals surface area contributed by atoms with Crippen molar-refractivity contribution in [1.29, 1.82) is 0 Å². The number of aromatic amines is 1. The number of aromatic nitrogens is 3. The average Bonchev–Trinajstić information content (AvgIpc) is 2.51. The van der Waals surface area contributed by atoms with Crippen molar-refractivity contribution in [2.45, 2.75) is 26.9 Å². The van der Waals surface area contributed by atoms with Crippen molar-refractivity contribution >= 4 is 12.0 Å². The molecule has 1 rings (SSSR count). The second-order valence-corrected chi connectivity index (χ2v) is 2.98. The zero-order valence-corrected chi connectivity index (χ0v) is 8.90. The average molecular weight is 214 g/mol. The van der Waals surface area contributed by atoms with Gasteiger partial charge in [0.25, 0.3) is 0 Å². The van der Waals surface area contributed by atoms with Gasteiger partial charge in [-0.25, -0.2) is 9.89 Å². The first kappa shape index (κ1) is 11.3. The molecule has 1 amide bonds. The summed E-state index contributed by atoms with van der Waals surface area (Å²) in [7, 11) is 0. The van der Waals surface area contributed by atoms with Crippen molar-refractivity contribution in [3.63, 3.8) is 0 Å². The Bertz CT molecular complexity index is 323. The third kappa shape index (κ3) is 3.84. The van der Waals surface area contributed by atoms with E-state index in [1.165, 1.54) is 0 Å². The second kappa shape index (κ2) is 5.18. The number of carbonyl (C=O) groups excluding carboxylic acids is 1. The minimum Gasteiger partial charge on any atom is -0.463 e. The van der Waals surface area contributed by atoms with E-state index >= 15 is 0 Å². The van der Waals surface area contributed by atoms with Crippen LogP contribution in [0.2, 0.25) is 0 Å². The fourth-order valence-electron chi connectivity index (χ4n) is 0.836. The predicted molar refractivity (Wildman–Crippen MR) is 52.8 cm³/mol. The highest BCUT2D eigenvalue weighted by molar-refractivity contribution is 5.82. The summed E-state index contributed by atoms with van der Waals surface area (Å²) in [6.45, 7) is 5.79. The highest BCUT2D eigenvalue weighted by Crippen LogP contribution is 2.05. The van der Waals surface area contributed by atoms with Gasteiger partial charge in [-0.1, -0.05) is 0 Å². The number of H-pyrrole nitrogens is 1. The molecule has 0 aromatic carbocycles. The number of nitrogens with one attached hydrogen (secondary N) is 2. The molecule has 15 heavy (non-hydrogen) atoms. The minimum absolute atomic E-state index is 0.181. The summed E-state index contributed by atoms with van der Waals surface area (Å²) in [6, 6.07) is 0.192. The maximum absolute atomic E-state index is 11.1. The van der Waals surface area contributed by atoms with Gasteiger partial charge in [-0.15, -0.1) is 5.10 Å². The first-order chi connectivity index (χ1) is 7.11. The number of rotatable bonds is 4. The first-order valence-corrected chi connectivity index (χ1v) is 4.64. The van der Waals surface area contributed by atoms with E-state index in [0.29, 0.717) is 6.61 Å². The van der Waals surface area contributed by atoms with Crippen molar-refractivity contribution in [3.8, 4) is 6.01 Å². The Hall–Kier alpha value is -1.79. The van der Waals surface area contributed by atoms with Crippen LogP contribution in [-0.4, -0.2) is 34.0 Å². The number of hydrogen-bond acceptors (Lipinski definition) is 5. The molecule has 0 bridgehead atoms. The highest BCUT2D eigenvalue weighted by atomic mass is 16.6. The fraction of sp³-hybridized carbons (Fsp3) is 0.625. The molecule has 1 aromatic rings. The number of nitrogens with zero attached hydrogens (tertiary/aromatic N) is 2. The summed E-state index contributed by atoms with van der Waals surface area (Å²) in [4.78, 5) is 15.0. The molecular weight excluding hydrogens is 200 g/mol. The summed E-state index contributed by atoms with van der Waals surface area (Å²) in [6.07, 6.45) is -0.761. The molecule has 2 N–H and O–H groups in total. The van der Waals surface area contributed by atoms with E-state index in [1.54, 1.807) is 13.8 Å². The number of anilines is 1. The Balaban J connectivity index is 2.46. The Morgan fingerprint density at radius 1 is 1.60 bits per heavy atom. The maximum atomic E-state index is 11.1. The van der Waals surface area contributed by atoms with Gasteiger partial charge in [0.05, 0.1) is 12.7 Å². The van der Waals surface area contributed by atoms with Crippen LogP contribution < -0.4 is 10.1 Å². The molecule has 0 radical (unpaired) electrons. The van der Waals surface area contributed by atoms with E-state index in [0.717, 1.165) is 0 Å². The SMILES string of the molecule is CCOc1n[nH]c(NC(=O)OC(C)C)n1. The molecular formula is C8H14N4O3. The minimum atomic E-state index is -0.579. The maximum Gasteiger partial charge on any atom is 0.414 e. The smallest absolute Gasteiger partial charge is 0.414 e. The molecule has 0 spiro atoms. The van der Waals surface area contributed by atoms with Crippen LogP contribution in [0.3, 0.4) is 0 Å². The Morgan fingerprint density at radius 3 is 2.93 bits per heavy atom. The van der Waals surface area contributed by atoms with Crippen molar-refractivity contribution < 1.29 is 14.3 Å². The molecule has 84 valence electrons. The van der Waals surface area contributed by atoms with Gasteiger partial charge in [-0.05, 0) is 20.8 Å². The Morgan fingerprint density at radius 2 is 2.33 bits per heavy atom. The van der Waals surface area contributed by atoms with Gasteiger partial charge >= 0.3 is 12.1 Å². The van der Waals surface area contributed by atoms with Gasteiger partial charge in [-0.3, -0.25) is 5.32 Å². The lowest BCUT2D eigenvalue weighted by Crippen LogP contribution is -2.18. The highest BCUT2D eigenvalue weighted by Gasteiger charge is 2.09. The van der Waals surface area contributed by atoms with Crippen molar-refractivity contribution in [1.82, 2.24) is 15.2 Å². The molecule has 0 unspecified atom stereocenters. The molecule has 0 aliphatic carbocycles. The van der Waals surface area contributed by atoms with E-state index in [-0.39, 0.29) is 18.1 Å². The van der Waals surface area contributed by atoms with E-state index < -0.39 is 6.09 Å². The van der Waals surface area contributed by atoms with Crippen molar-refractivity contribution in [3.05, 3.63) is 0 Å². The van der Waals surface area contributed by atoms with Crippen LogP contribution >= 0.6 is 0 Å². The largest absolute Gasteiger partial charge is 0.463 e. The van der Waals surface area contributed by atoms with E-state index in [1.807, 2.05) is 6.92 Å². The van der Waals surface area contributed by atoms with E-state index in [9.17, 15) is 4.79 Å². The molecule has 7 nitrogen and oxygen atoms in total. The quantitative estimate of drug-likeness (QED) is 0.785. The van der Waals surface area contributed by atoms with Crippen LogP contribution in [0.25, 0.3) is 0 Å². The molecule has 0 saturated carbocycles. The first-order valence-electron chi connectivity index (χ1n) is 4.64. The summed E-state index contributed by atoms with van der Waals surface area (Å²) in [5.41, 5.74) is 0. The van der Waals surface area contributed by atoms with Gasteiger partial charge < -0.3 is 9.47 Å². The summed E-state index contributed by atoms with van der Waals surface area (Å²) in [5, 5.41) is 8.59. The predicted octanol–water partition coefficient (Wildman–Crippen LogP) is 1.16. The molecule has 0 aliphatic rings. The second-order valence-electron chi connectivity index (χ2n) is 2.98. The fourth-order valence-corrected chi connectivity index (χ4v) is 0.836. The molecule has 1 heterocycles. The molecule has 7 heteroatoms. The van der Waals surface area contributed by atoms with Gasteiger partial charge in [0, 0.05) is 0 Å². The summed E-state index contributed by atoms with van der Waals surface area (Å²) < 4.78 is 9.85. The molecule has 0 fully saturated rings. The Labute approximate surface area is 87.2 Å². The number of carbonyl (C=O) groups is 1. The number of hydrogen-bond donors (Lipinski definition) is 2. The lowest BCUT2D eigenvalue weighted by Gasteiger charge is -2.06. The zero-order valence-electron chi connectivity index (χ0n) is 8.90. The van der Waals surface area contributed by atoms with Crippen LogP contribution in [-0.2, 0) is 4.74 Å². The van der Waals surface area contributed by atoms with Crippen LogP contribution in [0.1, 0.15) is 20.8 Å². The van der Waals surface area contributed by atoms with E-state index in [4.69, 9.17) is 9.47 Å². The number of amides is 1. The normalized spacial score (nSPS) is 10.1.